The first-order valence-electron chi connectivity index (χ1n) is 5.60. The number of nitrogens with one attached hydrogen (secondary N) is 1. The zero-order valence-electron chi connectivity index (χ0n) is 9.37. The number of halogens is 1. The second-order valence-corrected chi connectivity index (χ2v) is 5.37. The Morgan fingerprint density at radius 3 is 2.94 bits per heavy atom. The van der Waals surface area contributed by atoms with Gasteiger partial charge in [-0.3, -0.25) is 9.36 Å². The summed E-state index contributed by atoms with van der Waals surface area (Å²) in [6, 6.07) is 0. The summed E-state index contributed by atoms with van der Waals surface area (Å²) in [5.74, 6) is 0.610. The normalized spacial score (nSPS) is 17.6. The van der Waals surface area contributed by atoms with Crippen molar-refractivity contribution in [2.75, 3.05) is 13.1 Å². The van der Waals surface area contributed by atoms with Crippen molar-refractivity contribution in [3.63, 3.8) is 0 Å². The first-order chi connectivity index (χ1) is 7.68. The van der Waals surface area contributed by atoms with E-state index < -0.39 is 0 Å². The Labute approximate surface area is 109 Å². The number of nitrogens with zero attached hydrogens (tertiary/aromatic N) is 2. The summed E-state index contributed by atoms with van der Waals surface area (Å²) >= 11 is 2.08. The fourth-order valence-corrected chi connectivity index (χ4v) is 2.47. The van der Waals surface area contributed by atoms with Gasteiger partial charge in [-0.25, -0.2) is 4.98 Å². The monoisotopic (exact) mass is 333 g/mol. The number of hydrogen-bond donors (Lipinski definition) is 1. The maximum Gasteiger partial charge on any atom is 0.267 e. The molecule has 88 valence electrons. The van der Waals surface area contributed by atoms with Crippen molar-refractivity contribution in [2.45, 2.75) is 26.3 Å². The lowest BCUT2D eigenvalue weighted by Gasteiger charge is -2.23. The van der Waals surface area contributed by atoms with E-state index in [-0.39, 0.29) is 5.56 Å². The SMILES string of the molecule is Cc1ncn(CC2CCNCC2)c(=O)c1I. The van der Waals surface area contributed by atoms with E-state index in [4.69, 9.17) is 0 Å². The van der Waals surface area contributed by atoms with E-state index in [9.17, 15) is 4.79 Å². The molecule has 2 rings (SSSR count). The topological polar surface area (TPSA) is 46.9 Å². The summed E-state index contributed by atoms with van der Waals surface area (Å²) in [5.41, 5.74) is 0.929. The molecule has 5 heteroatoms. The van der Waals surface area contributed by atoms with Gasteiger partial charge in [-0.05, 0) is 61.4 Å². The molecule has 0 aliphatic carbocycles. The van der Waals surface area contributed by atoms with E-state index in [1.165, 1.54) is 0 Å². The molecule has 1 N–H and O–H groups in total. The lowest BCUT2D eigenvalue weighted by atomic mass is 9.98. The van der Waals surface area contributed by atoms with Gasteiger partial charge in [-0.1, -0.05) is 0 Å². The van der Waals surface area contributed by atoms with Gasteiger partial charge in [0.05, 0.1) is 15.6 Å². The lowest BCUT2D eigenvalue weighted by molar-refractivity contribution is 0.328. The number of hydrogen-bond acceptors (Lipinski definition) is 3. The molecule has 4 nitrogen and oxygen atoms in total. The van der Waals surface area contributed by atoms with Gasteiger partial charge in [0.1, 0.15) is 0 Å². The Kier molecular flexibility index (Phi) is 3.96. The zero-order valence-corrected chi connectivity index (χ0v) is 11.5. The van der Waals surface area contributed by atoms with Crippen LogP contribution in [0.2, 0.25) is 0 Å². The average Bonchev–Trinajstić information content (AvgIpc) is 2.31. The van der Waals surface area contributed by atoms with Crippen molar-refractivity contribution >= 4 is 22.6 Å². The van der Waals surface area contributed by atoms with Crippen LogP contribution in [0, 0.1) is 16.4 Å². The maximum atomic E-state index is 12.0. The molecule has 1 saturated heterocycles. The molecule has 0 spiro atoms. The number of piperidine rings is 1. The Morgan fingerprint density at radius 1 is 1.56 bits per heavy atom. The standard InChI is InChI=1S/C11H16IN3O/c1-8-10(12)11(16)15(7-14-8)6-9-2-4-13-5-3-9/h7,9,13H,2-6H2,1H3. The van der Waals surface area contributed by atoms with Crippen LogP contribution in [0.5, 0.6) is 0 Å². The molecule has 1 aliphatic rings. The third-order valence-corrected chi connectivity index (χ3v) is 4.31. The number of aromatic nitrogens is 2. The van der Waals surface area contributed by atoms with Gasteiger partial charge < -0.3 is 5.32 Å². The molecule has 1 aromatic heterocycles. The second-order valence-electron chi connectivity index (χ2n) is 4.29. The number of aryl methyl sites for hydroxylation is 1. The highest BCUT2D eigenvalue weighted by molar-refractivity contribution is 14.1. The van der Waals surface area contributed by atoms with Crippen molar-refractivity contribution in [3.8, 4) is 0 Å². The predicted molar refractivity (Wildman–Crippen MR) is 71.5 cm³/mol. The minimum atomic E-state index is 0.103. The van der Waals surface area contributed by atoms with Crippen LogP contribution < -0.4 is 10.9 Å². The van der Waals surface area contributed by atoms with E-state index in [1.807, 2.05) is 6.92 Å². The molecule has 16 heavy (non-hydrogen) atoms. The molecule has 0 radical (unpaired) electrons. The summed E-state index contributed by atoms with van der Waals surface area (Å²) in [5, 5.41) is 3.33. The lowest BCUT2D eigenvalue weighted by Crippen LogP contribution is -2.33. The summed E-state index contributed by atoms with van der Waals surface area (Å²) in [6.07, 6.45) is 3.98. The third-order valence-electron chi connectivity index (χ3n) is 3.07. The molecule has 1 aromatic rings. The zero-order chi connectivity index (χ0) is 11.5. The van der Waals surface area contributed by atoms with Crippen LogP contribution in [0.25, 0.3) is 0 Å². The summed E-state index contributed by atoms with van der Waals surface area (Å²) in [6.45, 7) is 4.81. The molecular formula is C11H16IN3O. The average molecular weight is 333 g/mol. The molecule has 2 heterocycles. The van der Waals surface area contributed by atoms with Gasteiger partial charge in [0.25, 0.3) is 5.56 Å². The van der Waals surface area contributed by atoms with E-state index >= 15 is 0 Å². The molecule has 1 fully saturated rings. The van der Waals surface area contributed by atoms with Crippen LogP contribution in [-0.2, 0) is 6.54 Å². The van der Waals surface area contributed by atoms with E-state index in [0.717, 1.165) is 41.7 Å². The van der Waals surface area contributed by atoms with E-state index in [1.54, 1.807) is 10.9 Å². The van der Waals surface area contributed by atoms with Crippen molar-refractivity contribution in [1.82, 2.24) is 14.9 Å². The van der Waals surface area contributed by atoms with Crippen LogP contribution in [0.15, 0.2) is 11.1 Å². The van der Waals surface area contributed by atoms with Gasteiger partial charge in [-0.2, -0.15) is 0 Å². The Morgan fingerprint density at radius 2 is 2.25 bits per heavy atom. The Balaban J connectivity index is 2.15. The van der Waals surface area contributed by atoms with Gasteiger partial charge in [0.15, 0.2) is 0 Å². The Hall–Kier alpha value is -0.430. The molecule has 0 aromatic carbocycles. The van der Waals surface area contributed by atoms with Crippen molar-refractivity contribution in [3.05, 3.63) is 25.9 Å². The molecular weight excluding hydrogens is 317 g/mol. The Bertz CT molecular complexity index is 424. The molecule has 0 amide bonds. The first-order valence-corrected chi connectivity index (χ1v) is 6.68. The van der Waals surface area contributed by atoms with Crippen molar-refractivity contribution < 1.29 is 0 Å². The highest BCUT2D eigenvalue weighted by Crippen LogP contribution is 2.13. The second kappa shape index (κ2) is 5.27. The minimum Gasteiger partial charge on any atom is -0.317 e. The van der Waals surface area contributed by atoms with Gasteiger partial charge in [-0.15, -0.1) is 0 Å². The van der Waals surface area contributed by atoms with Crippen LogP contribution in [-0.4, -0.2) is 22.6 Å². The molecule has 0 unspecified atom stereocenters. The van der Waals surface area contributed by atoms with Crippen LogP contribution >= 0.6 is 22.6 Å². The van der Waals surface area contributed by atoms with Gasteiger partial charge in [0, 0.05) is 6.54 Å². The smallest absolute Gasteiger partial charge is 0.267 e. The van der Waals surface area contributed by atoms with Crippen LogP contribution in [0.4, 0.5) is 0 Å². The molecule has 0 atom stereocenters. The fraction of sp³-hybridized carbons (Fsp3) is 0.636. The summed E-state index contributed by atoms with van der Waals surface area (Å²) < 4.78 is 2.50. The van der Waals surface area contributed by atoms with Gasteiger partial charge in [0.2, 0.25) is 0 Å². The van der Waals surface area contributed by atoms with Crippen LogP contribution in [0.3, 0.4) is 0 Å². The third kappa shape index (κ3) is 2.63. The fourth-order valence-electron chi connectivity index (χ4n) is 2.02. The minimum absolute atomic E-state index is 0.103. The van der Waals surface area contributed by atoms with E-state index in [2.05, 4.69) is 32.9 Å². The highest BCUT2D eigenvalue weighted by atomic mass is 127. The largest absolute Gasteiger partial charge is 0.317 e. The number of rotatable bonds is 2. The quantitative estimate of drug-likeness (QED) is 0.826. The van der Waals surface area contributed by atoms with Crippen molar-refractivity contribution in [1.29, 1.82) is 0 Å². The van der Waals surface area contributed by atoms with Crippen LogP contribution in [0.1, 0.15) is 18.5 Å². The van der Waals surface area contributed by atoms with Crippen molar-refractivity contribution in [2.24, 2.45) is 5.92 Å². The highest BCUT2D eigenvalue weighted by Gasteiger charge is 2.15. The summed E-state index contributed by atoms with van der Waals surface area (Å²) in [7, 11) is 0. The molecule has 1 aliphatic heterocycles. The maximum absolute atomic E-state index is 12.0. The van der Waals surface area contributed by atoms with Gasteiger partial charge >= 0.3 is 0 Å². The molecule has 0 bridgehead atoms. The summed E-state index contributed by atoms with van der Waals surface area (Å²) in [4.78, 5) is 16.2. The predicted octanol–water partition coefficient (Wildman–Crippen LogP) is 1.16. The molecule has 0 saturated carbocycles. The first kappa shape index (κ1) is 12.0. The van der Waals surface area contributed by atoms with E-state index in [0.29, 0.717) is 5.92 Å².